The molecule has 1 N–H and O–H groups in total. The van der Waals surface area contributed by atoms with Gasteiger partial charge in [0.2, 0.25) is 0 Å². The van der Waals surface area contributed by atoms with Crippen molar-refractivity contribution in [2.45, 2.75) is 19.4 Å². The van der Waals surface area contributed by atoms with E-state index in [2.05, 4.69) is 29.2 Å². The minimum absolute atomic E-state index is 0.304. The molecular formula is C13H16N2OS. The molecule has 1 aromatic heterocycles. The number of hydrogen-bond acceptors (Lipinski definition) is 4. The summed E-state index contributed by atoms with van der Waals surface area (Å²) in [6.45, 7) is 5.58. The van der Waals surface area contributed by atoms with Crippen molar-refractivity contribution >= 4 is 27.4 Å². The zero-order valence-electron chi connectivity index (χ0n) is 10.1. The normalized spacial score (nSPS) is 18.7. The quantitative estimate of drug-likeness (QED) is 0.887. The van der Waals surface area contributed by atoms with Gasteiger partial charge in [0.15, 0.2) is 0 Å². The summed E-state index contributed by atoms with van der Waals surface area (Å²) in [7, 11) is 0. The molecule has 0 atom stereocenters. The van der Waals surface area contributed by atoms with Crippen molar-refractivity contribution in [1.29, 1.82) is 0 Å². The number of anilines is 1. The van der Waals surface area contributed by atoms with Gasteiger partial charge < -0.3 is 10.0 Å². The third kappa shape index (κ3) is 1.63. The Hall–Kier alpha value is -1.13. The van der Waals surface area contributed by atoms with Gasteiger partial charge in [0.05, 0.1) is 5.52 Å². The van der Waals surface area contributed by atoms with Crippen LogP contribution in [0.5, 0.6) is 0 Å². The number of fused-ring (bicyclic) bond motifs is 1. The third-order valence-electron chi connectivity index (χ3n) is 3.66. The van der Waals surface area contributed by atoms with Crippen LogP contribution in [0.15, 0.2) is 24.3 Å². The van der Waals surface area contributed by atoms with Crippen LogP contribution in [-0.4, -0.2) is 28.2 Å². The van der Waals surface area contributed by atoms with Gasteiger partial charge in [-0.05, 0) is 29.6 Å². The van der Waals surface area contributed by atoms with Crippen LogP contribution in [0.3, 0.4) is 0 Å². The van der Waals surface area contributed by atoms with E-state index in [1.807, 2.05) is 18.2 Å². The van der Waals surface area contributed by atoms with Crippen LogP contribution in [-0.2, 0) is 0 Å². The summed E-state index contributed by atoms with van der Waals surface area (Å²) in [5.74, 6) is 0.304. The zero-order valence-corrected chi connectivity index (χ0v) is 10.9. The van der Waals surface area contributed by atoms with Crippen LogP contribution >= 0.6 is 11.5 Å². The maximum Gasteiger partial charge on any atom is 0.120 e. The number of nitrogens with zero attached hydrogens (tertiary/aromatic N) is 2. The average Bonchev–Trinajstić information content (AvgIpc) is 2.68. The largest absolute Gasteiger partial charge is 0.386 e. The summed E-state index contributed by atoms with van der Waals surface area (Å²) in [6.07, 6.45) is 0. The second kappa shape index (κ2) is 3.68. The Labute approximate surface area is 105 Å². The topological polar surface area (TPSA) is 36.4 Å². The maximum absolute atomic E-state index is 10.3. The van der Waals surface area contributed by atoms with Gasteiger partial charge in [-0.15, -0.1) is 0 Å². The van der Waals surface area contributed by atoms with E-state index in [-0.39, 0.29) is 0 Å². The van der Waals surface area contributed by atoms with Crippen molar-refractivity contribution in [2.75, 3.05) is 18.0 Å². The monoisotopic (exact) mass is 248 g/mol. The summed E-state index contributed by atoms with van der Waals surface area (Å²) in [6, 6.07) is 8.17. The van der Waals surface area contributed by atoms with Crippen LogP contribution in [0.25, 0.3) is 10.9 Å². The average molecular weight is 248 g/mol. The van der Waals surface area contributed by atoms with Crippen molar-refractivity contribution in [3.8, 4) is 0 Å². The molecule has 0 aliphatic carbocycles. The van der Waals surface area contributed by atoms with E-state index >= 15 is 0 Å². The molecule has 3 rings (SSSR count). The van der Waals surface area contributed by atoms with Crippen molar-refractivity contribution in [3.05, 3.63) is 24.3 Å². The van der Waals surface area contributed by atoms with Gasteiger partial charge in [0, 0.05) is 18.5 Å². The fourth-order valence-electron chi connectivity index (χ4n) is 2.23. The molecule has 17 heavy (non-hydrogen) atoms. The summed E-state index contributed by atoms with van der Waals surface area (Å²) in [5.41, 5.74) is 0.526. The molecule has 1 saturated heterocycles. The predicted molar refractivity (Wildman–Crippen MR) is 71.6 cm³/mol. The van der Waals surface area contributed by atoms with E-state index in [1.165, 1.54) is 21.9 Å². The Kier molecular flexibility index (Phi) is 2.38. The highest BCUT2D eigenvalue weighted by Gasteiger charge is 2.44. The molecule has 1 aliphatic rings. The number of β-amino-alcohol motifs (C(OH)–C–C–N with tert-alkyl or cyclic N) is 1. The van der Waals surface area contributed by atoms with Crippen LogP contribution < -0.4 is 4.90 Å². The Morgan fingerprint density at radius 2 is 2.06 bits per heavy atom. The van der Waals surface area contributed by atoms with E-state index < -0.39 is 5.60 Å². The fourth-order valence-corrected chi connectivity index (χ4v) is 3.09. The van der Waals surface area contributed by atoms with E-state index in [1.54, 1.807) is 0 Å². The van der Waals surface area contributed by atoms with Crippen LogP contribution in [0.1, 0.15) is 13.8 Å². The smallest absolute Gasteiger partial charge is 0.120 e. The molecule has 0 radical (unpaired) electrons. The molecule has 0 amide bonds. The summed E-state index contributed by atoms with van der Waals surface area (Å²) in [4.78, 5) is 2.22. The SMILES string of the molecule is CC(C)C1(O)CN(c2snc3ccccc23)C1. The number of aliphatic hydroxyl groups is 1. The fraction of sp³-hybridized carbons (Fsp3) is 0.462. The van der Waals surface area contributed by atoms with E-state index in [4.69, 9.17) is 0 Å². The van der Waals surface area contributed by atoms with Gasteiger partial charge in [-0.1, -0.05) is 26.0 Å². The lowest BCUT2D eigenvalue weighted by Crippen LogP contribution is -2.64. The van der Waals surface area contributed by atoms with Gasteiger partial charge in [-0.2, -0.15) is 4.37 Å². The zero-order chi connectivity index (χ0) is 12.0. The van der Waals surface area contributed by atoms with Gasteiger partial charge in [-0.3, -0.25) is 0 Å². The lowest BCUT2D eigenvalue weighted by atomic mass is 9.83. The first-order valence-corrected chi connectivity index (χ1v) is 6.69. The summed E-state index contributed by atoms with van der Waals surface area (Å²) >= 11 is 1.52. The minimum Gasteiger partial charge on any atom is -0.386 e. The lowest BCUT2D eigenvalue weighted by molar-refractivity contribution is -0.0295. The molecule has 0 saturated carbocycles. The number of benzene rings is 1. The second-order valence-electron chi connectivity index (χ2n) is 5.12. The molecule has 0 unspecified atom stereocenters. The first kappa shape index (κ1) is 11.0. The standard InChI is InChI=1S/C13H16N2OS/c1-9(2)13(16)7-15(8-13)12-10-5-3-4-6-11(10)14-17-12/h3-6,9,16H,7-8H2,1-2H3. The van der Waals surface area contributed by atoms with Crippen LogP contribution in [0, 0.1) is 5.92 Å². The molecule has 1 aliphatic heterocycles. The van der Waals surface area contributed by atoms with Crippen molar-refractivity contribution in [1.82, 2.24) is 4.37 Å². The van der Waals surface area contributed by atoms with Gasteiger partial charge >= 0.3 is 0 Å². The van der Waals surface area contributed by atoms with Crippen LogP contribution in [0.2, 0.25) is 0 Å². The minimum atomic E-state index is -0.523. The molecule has 0 spiro atoms. The Morgan fingerprint density at radius 3 is 2.76 bits per heavy atom. The summed E-state index contributed by atoms with van der Waals surface area (Å²) in [5, 5.41) is 12.7. The van der Waals surface area contributed by atoms with Crippen LogP contribution in [0.4, 0.5) is 5.00 Å². The first-order valence-electron chi connectivity index (χ1n) is 5.92. The first-order chi connectivity index (χ1) is 8.10. The maximum atomic E-state index is 10.3. The number of aromatic nitrogens is 1. The Morgan fingerprint density at radius 1 is 1.35 bits per heavy atom. The molecule has 2 aromatic rings. The van der Waals surface area contributed by atoms with Gasteiger partial charge in [0.25, 0.3) is 0 Å². The van der Waals surface area contributed by atoms with Crippen molar-refractivity contribution in [2.24, 2.45) is 5.92 Å². The van der Waals surface area contributed by atoms with Gasteiger partial charge in [0.1, 0.15) is 10.6 Å². The third-order valence-corrected chi connectivity index (χ3v) is 4.60. The highest BCUT2D eigenvalue weighted by Crippen LogP contribution is 2.38. The Balaban J connectivity index is 1.88. The molecule has 1 aromatic carbocycles. The molecule has 3 nitrogen and oxygen atoms in total. The highest BCUT2D eigenvalue weighted by molar-refractivity contribution is 7.11. The lowest BCUT2D eigenvalue weighted by Gasteiger charge is -2.49. The molecule has 0 bridgehead atoms. The molecular weight excluding hydrogens is 232 g/mol. The van der Waals surface area contributed by atoms with Gasteiger partial charge in [-0.25, -0.2) is 0 Å². The van der Waals surface area contributed by atoms with E-state index in [0.717, 1.165) is 18.6 Å². The van der Waals surface area contributed by atoms with Crippen molar-refractivity contribution in [3.63, 3.8) is 0 Å². The summed E-state index contributed by atoms with van der Waals surface area (Å²) < 4.78 is 4.43. The number of rotatable bonds is 2. The van der Waals surface area contributed by atoms with Crippen molar-refractivity contribution < 1.29 is 5.11 Å². The highest BCUT2D eigenvalue weighted by atomic mass is 32.1. The molecule has 2 heterocycles. The molecule has 90 valence electrons. The van der Waals surface area contributed by atoms with E-state index in [0.29, 0.717) is 5.92 Å². The predicted octanol–water partition coefficient (Wildman–Crippen LogP) is 2.50. The van der Waals surface area contributed by atoms with E-state index in [9.17, 15) is 5.11 Å². The second-order valence-corrected chi connectivity index (χ2v) is 5.87. The molecule has 4 heteroatoms. The molecule has 1 fully saturated rings. The number of hydrogen-bond donors (Lipinski definition) is 1. The Bertz CT molecular complexity index is 543.